The second-order valence-corrected chi connectivity index (χ2v) is 9.29. The van der Waals surface area contributed by atoms with Crippen molar-refractivity contribution in [1.29, 1.82) is 0 Å². The van der Waals surface area contributed by atoms with Crippen LogP contribution in [0.3, 0.4) is 0 Å². The number of aromatic amines is 1. The van der Waals surface area contributed by atoms with E-state index in [1.165, 1.54) is 0 Å². The van der Waals surface area contributed by atoms with Crippen molar-refractivity contribution in [1.82, 2.24) is 19.1 Å². The summed E-state index contributed by atoms with van der Waals surface area (Å²) in [5, 5.41) is 3.03. The molecular formula is C25H35N5O3. The lowest BCUT2D eigenvalue weighted by Gasteiger charge is -2.14. The fourth-order valence-electron chi connectivity index (χ4n) is 4.30. The molecule has 0 saturated heterocycles. The Kier molecular flexibility index (Phi) is 7.56. The van der Waals surface area contributed by atoms with Crippen molar-refractivity contribution >= 4 is 22.8 Å². The predicted octanol–water partition coefficient (Wildman–Crippen LogP) is 3.84. The third-order valence-electron chi connectivity index (χ3n) is 5.76. The van der Waals surface area contributed by atoms with Crippen LogP contribution in [-0.2, 0) is 24.3 Å². The Labute approximate surface area is 194 Å². The molecule has 8 nitrogen and oxygen atoms in total. The van der Waals surface area contributed by atoms with Gasteiger partial charge >= 0.3 is 5.69 Å². The van der Waals surface area contributed by atoms with Crippen LogP contribution in [0, 0.1) is 26.7 Å². The number of nitrogens with one attached hydrogen (secondary N) is 2. The van der Waals surface area contributed by atoms with E-state index in [0.29, 0.717) is 36.5 Å². The number of aromatic nitrogens is 4. The van der Waals surface area contributed by atoms with Gasteiger partial charge in [-0.05, 0) is 44.2 Å². The monoisotopic (exact) mass is 453 g/mol. The number of benzene rings is 1. The third-order valence-corrected chi connectivity index (χ3v) is 5.76. The van der Waals surface area contributed by atoms with Gasteiger partial charge in [0.15, 0.2) is 11.2 Å². The van der Waals surface area contributed by atoms with Gasteiger partial charge in [0.05, 0.1) is 0 Å². The summed E-state index contributed by atoms with van der Waals surface area (Å²) in [6.45, 7) is 13.3. The van der Waals surface area contributed by atoms with E-state index in [9.17, 15) is 14.4 Å². The van der Waals surface area contributed by atoms with E-state index in [-0.39, 0.29) is 18.2 Å². The molecule has 0 radical (unpaired) electrons. The molecule has 2 aromatic heterocycles. The van der Waals surface area contributed by atoms with E-state index in [4.69, 9.17) is 4.98 Å². The lowest BCUT2D eigenvalue weighted by molar-refractivity contribution is -0.116. The largest absolute Gasteiger partial charge is 0.330 e. The highest BCUT2D eigenvalue weighted by atomic mass is 16.2. The maximum Gasteiger partial charge on any atom is 0.330 e. The summed E-state index contributed by atoms with van der Waals surface area (Å²) >= 11 is 0. The molecule has 0 spiro atoms. The van der Waals surface area contributed by atoms with Crippen molar-refractivity contribution in [3.05, 3.63) is 55.5 Å². The van der Waals surface area contributed by atoms with Gasteiger partial charge in [0.2, 0.25) is 5.91 Å². The van der Waals surface area contributed by atoms with Crippen LogP contribution in [-0.4, -0.2) is 25.0 Å². The molecule has 0 aliphatic rings. The summed E-state index contributed by atoms with van der Waals surface area (Å²) in [6.07, 6.45) is 2.33. The van der Waals surface area contributed by atoms with Crippen LogP contribution in [0.15, 0.2) is 21.7 Å². The maximum atomic E-state index is 12.8. The van der Waals surface area contributed by atoms with Crippen molar-refractivity contribution in [2.24, 2.45) is 5.92 Å². The van der Waals surface area contributed by atoms with Crippen molar-refractivity contribution < 1.29 is 4.79 Å². The van der Waals surface area contributed by atoms with E-state index >= 15 is 0 Å². The van der Waals surface area contributed by atoms with Crippen molar-refractivity contribution in [3.8, 4) is 0 Å². The summed E-state index contributed by atoms with van der Waals surface area (Å²) in [6, 6.07) is 4.10. The highest BCUT2D eigenvalue weighted by Crippen LogP contribution is 2.22. The number of unbranched alkanes of at least 4 members (excludes halogenated alkanes) is 1. The van der Waals surface area contributed by atoms with Crippen LogP contribution in [0.25, 0.3) is 11.2 Å². The molecule has 178 valence electrons. The van der Waals surface area contributed by atoms with Crippen LogP contribution in [0.5, 0.6) is 0 Å². The number of aryl methyl sites for hydroxylation is 5. The molecule has 2 N–H and O–H groups in total. The second-order valence-electron chi connectivity index (χ2n) is 9.29. The molecule has 8 heteroatoms. The maximum absolute atomic E-state index is 12.8. The van der Waals surface area contributed by atoms with Gasteiger partial charge in [-0.25, -0.2) is 9.78 Å². The summed E-state index contributed by atoms with van der Waals surface area (Å²) in [4.78, 5) is 45.1. The van der Waals surface area contributed by atoms with Crippen LogP contribution in [0.4, 0.5) is 5.69 Å². The molecule has 1 amide bonds. The molecule has 1 aromatic carbocycles. The Hall–Kier alpha value is -3.16. The Balaban J connectivity index is 1.93. The van der Waals surface area contributed by atoms with Gasteiger partial charge in [0, 0.05) is 31.6 Å². The Morgan fingerprint density at radius 3 is 2.39 bits per heavy atom. The zero-order valence-electron chi connectivity index (χ0n) is 20.5. The Morgan fingerprint density at radius 1 is 1.12 bits per heavy atom. The molecule has 2 heterocycles. The Bertz CT molecular complexity index is 1260. The number of H-pyrrole nitrogens is 1. The lowest BCUT2D eigenvalue weighted by Crippen LogP contribution is -2.31. The number of hydrogen-bond acceptors (Lipinski definition) is 4. The number of anilines is 1. The highest BCUT2D eigenvalue weighted by molar-refractivity contribution is 5.92. The van der Waals surface area contributed by atoms with Gasteiger partial charge in [-0.3, -0.25) is 19.1 Å². The zero-order chi connectivity index (χ0) is 24.3. The predicted molar refractivity (Wildman–Crippen MR) is 132 cm³/mol. The molecule has 0 unspecified atom stereocenters. The SMILES string of the molecule is CCCCn1c(=O)[nH]c(=O)c2c1nc(CCC(=O)Nc1c(C)cc(C)cc1C)n2CC(C)C. The molecule has 3 rings (SSSR count). The number of rotatable bonds is 9. The summed E-state index contributed by atoms with van der Waals surface area (Å²) in [5.74, 6) is 0.807. The molecule has 0 atom stereocenters. The van der Waals surface area contributed by atoms with Gasteiger partial charge in [-0.1, -0.05) is 44.9 Å². The van der Waals surface area contributed by atoms with E-state index in [1.54, 1.807) is 4.57 Å². The van der Waals surface area contributed by atoms with Crippen LogP contribution >= 0.6 is 0 Å². The second kappa shape index (κ2) is 10.2. The highest BCUT2D eigenvalue weighted by Gasteiger charge is 2.20. The van der Waals surface area contributed by atoms with Gasteiger partial charge in [0.1, 0.15) is 5.82 Å². The van der Waals surface area contributed by atoms with Crippen LogP contribution in [0.1, 0.15) is 62.5 Å². The molecule has 33 heavy (non-hydrogen) atoms. The number of carbonyl (C=O) groups is 1. The lowest BCUT2D eigenvalue weighted by atomic mass is 10.0. The molecule has 0 aliphatic carbocycles. The molecule has 3 aromatic rings. The smallest absolute Gasteiger partial charge is 0.326 e. The van der Waals surface area contributed by atoms with Gasteiger partial charge in [0.25, 0.3) is 5.56 Å². The van der Waals surface area contributed by atoms with E-state index in [2.05, 4.69) is 24.1 Å². The zero-order valence-corrected chi connectivity index (χ0v) is 20.5. The molecule has 0 bridgehead atoms. The van der Waals surface area contributed by atoms with Gasteiger partial charge in [-0.2, -0.15) is 0 Å². The molecule has 0 fully saturated rings. The van der Waals surface area contributed by atoms with Gasteiger partial charge < -0.3 is 9.88 Å². The number of hydrogen-bond donors (Lipinski definition) is 2. The Morgan fingerprint density at radius 2 is 1.79 bits per heavy atom. The van der Waals surface area contributed by atoms with Gasteiger partial charge in [-0.15, -0.1) is 0 Å². The topological polar surface area (TPSA) is 102 Å². The average Bonchev–Trinajstić information content (AvgIpc) is 3.07. The van der Waals surface area contributed by atoms with Crippen molar-refractivity contribution in [2.45, 2.75) is 80.3 Å². The number of amides is 1. The van der Waals surface area contributed by atoms with E-state index in [0.717, 1.165) is 35.2 Å². The minimum absolute atomic E-state index is 0.106. The first kappa shape index (κ1) is 24.5. The normalized spacial score (nSPS) is 11.5. The van der Waals surface area contributed by atoms with E-state index < -0.39 is 11.2 Å². The molecule has 0 aliphatic heterocycles. The quantitative estimate of drug-likeness (QED) is 0.514. The summed E-state index contributed by atoms with van der Waals surface area (Å²) < 4.78 is 3.41. The van der Waals surface area contributed by atoms with E-state index in [1.807, 2.05) is 44.4 Å². The van der Waals surface area contributed by atoms with Crippen LogP contribution < -0.4 is 16.6 Å². The standard InChI is InChI=1S/C25H35N5O3/c1-7-8-11-29-23-22(24(32)28-25(29)33)30(14-15(2)3)19(26-23)9-10-20(31)27-21-17(5)12-16(4)13-18(21)6/h12-13,15H,7-11,14H2,1-6H3,(H,27,31)(H,28,32,33). The molecule has 0 saturated carbocycles. The average molecular weight is 454 g/mol. The summed E-state index contributed by atoms with van der Waals surface area (Å²) in [5.41, 5.74) is 3.98. The minimum Gasteiger partial charge on any atom is -0.326 e. The fourth-order valence-corrected chi connectivity index (χ4v) is 4.30. The number of fused-ring (bicyclic) bond motifs is 1. The van der Waals surface area contributed by atoms with Crippen molar-refractivity contribution in [2.75, 3.05) is 5.32 Å². The number of imidazole rings is 1. The first-order valence-corrected chi connectivity index (χ1v) is 11.7. The summed E-state index contributed by atoms with van der Waals surface area (Å²) in [7, 11) is 0. The minimum atomic E-state index is -0.440. The third kappa shape index (κ3) is 5.43. The molecular weight excluding hydrogens is 418 g/mol. The first-order chi connectivity index (χ1) is 15.6. The fraction of sp³-hybridized carbons (Fsp3) is 0.520. The van der Waals surface area contributed by atoms with Crippen molar-refractivity contribution in [3.63, 3.8) is 0 Å². The number of nitrogens with zero attached hydrogens (tertiary/aromatic N) is 3. The van der Waals surface area contributed by atoms with Crippen LogP contribution in [0.2, 0.25) is 0 Å². The first-order valence-electron chi connectivity index (χ1n) is 11.7. The number of carbonyl (C=O) groups excluding carboxylic acids is 1.